The van der Waals surface area contributed by atoms with E-state index < -0.39 is 0 Å². The van der Waals surface area contributed by atoms with E-state index in [1.54, 1.807) is 4.90 Å². The minimum Gasteiger partial charge on any atom is -0.469 e. The summed E-state index contributed by atoms with van der Waals surface area (Å²) in [5.74, 6) is 0.0959. The van der Waals surface area contributed by atoms with Gasteiger partial charge in [0, 0.05) is 32.2 Å². The number of carbonyl (C=O) groups excluding carboxylic acids is 2. The van der Waals surface area contributed by atoms with Crippen molar-refractivity contribution in [3.8, 4) is 0 Å². The fraction of sp³-hybridized carbons (Fsp3) is 0.846. The predicted molar refractivity (Wildman–Crippen MR) is 67.0 cm³/mol. The van der Waals surface area contributed by atoms with Gasteiger partial charge >= 0.3 is 5.97 Å². The number of amides is 1. The predicted octanol–water partition coefficient (Wildman–Crippen LogP) is 1.21. The average molecular weight is 257 g/mol. The Bertz CT molecular complexity index is 276. The lowest BCUT2D eigenvalue weighted by atomic mass is 10.3. The molecule has 1 aliphatic rings. The van der Waals surface area contributed by atoms with Gasteiger partial charge in [-0.15, -0.1) is 0 Å². The first kappa shape index (κ1) is 15.0. The Labute approximate surface area is 108 Å². The summed E-state index contributed by atoms with van der Waals surface area (Å²) in [6.45, 7) is 4.41. The van der Waals surface area contributed by atoms with E-state index in [1.807, 2.05) is 6.92 Å². The number of esters is 1. The Hall–Kier alpha value is -1.10. The first-order valence-electron chi connectivity index (χ1n) is 6.62. The van der Waals surface area contributed by atoms with Gasteiger partial charge in [-0.1, -0.05) is 0 Å². The van der Waals surface area contributed by atoms with Crippen LogP contribution < -0.4 is 0 Å². The van der Waals surface area contributed by atoms with Crippen molar-refractivity contribution < 1.29 is 19.1 Å². The lowest BCUT2D eigenvalue weighted by molar-refractivity contribution is -0.142. The van der Waals surface area contributed by atoms with Crippen molar-refractivity contribution in [3.63, 3.8) is 0 Å². The SMILES string of the molecule is CCOCCCN(CCC(=O)OC)C(=O)C1CC1. The quantitative estimate of drug-likeness (QED) is 0.460. The molecule has 0 spiro atoms. The van der Waals surface area contributed by atoms with Crippen LogP contribution in [0.3, 0.4) is 0 Å². The monoisotopic (exact) mass is 257 g/mol. The van der Waals surface area contributed by atoms with Crippen molar-refractivity contribution in [1.82, 2.24) is 4.90 Å². The van der Waals surface area contributed by atoms with E-state index >= 15 is 0 Å². The van der Waals surface area contributed by atoms with Crippen LogP contribution >= 0.6 is 0 Å². The molecule has 104 valence electrons. The van der Waals surface area contributed by atoms with Gasteiger partial charge in [0.1, 0.15) is 0 Å². The zero-order chi connectivity index (χ0) is 13.4. The highest BCUT2D eigenvalue weighted by Crippen LogP contribution is 2.31. The third-order valence-corrected chi connectivity index (χ3v) is 2.97. The highest BCUT2D eigenvalue weighted by molar-refractivity contribution is 5.81. The molecule has 1 rings (SSSR count). The van der Waals surface area contributed by atoms with Gasteiger partial charge in [-0.05, 0) is 26.2 Å². The van der Waals surface area contributed by atoms with Crippen molar-refractivity contribution in [2.45, 2.75) is 32.6 Å². The molecular weight excluding hydrogens is 234 g/mol. The van der Waals surface area contributed by atoms with Crippen LogP contribution in [0.5, 0.6) is 0 Å². The van der Waals surface area contributed by atoms with Crippen LogP contribution in [0.2, 0.25) is 0 Å². The van der Waals surface area contributed by atoms with Gasteiger partial charge in [0.25, 0.3) is 0 Å². The summed E-state index contributed by atoms with van der Waals surface area (Å²) in [4.78, 5) is 24.9. The molecule has 1 aliphatic carbocycles. The molecule has 0 N–H and O–H groups in total. The van der Waals surface area contributed by atoms with Crippen LogP contribution in [0.4, 0.5) is 0 Å². The number of rotatable bonds is 9. The normalized spacial score (nSPS) is 14.3. The van der Waals surface area contributed by atoms with Gasteiger partial charge < -0.3 is 14.4 Å². The number of methoxy groups -OCH3 is 1. The highest BCUT2D eigenvalue weighted by atomic mass is 16.5. The van der Waals surface area contributed by atoms with E-state index in [9.17, 15) is 9.59 Å². The smallest absolute Gasteiger partial charge is 0.307 e. The minimum atomic E-state index is -0.270. The van der Waals surface area contributed by atoms with E-state index in [0.29, 0.717) is 26.3 Å². The molecule has 1 saturated carbocycles. The molecule has 1 amide bonds. The number of hydrogen-bond acceptors (Lipinski definition) is 4. The Morgan fingerprint density at radius 2 is 2.00 bits per heavy atom. The van der Waals surface area contributed by atoms with Gasteiger partial charge in [-0.2, -0.15) is 0 Å². The summed E-state index contributed by atoms with van der Waals surface area (Å²) in [6.07, 6.45) is 3.05. The molecule has 0 radical (unpaired) electrons. The Balaban J connectivity index is 2.31. The summed E-state index contributed by atoms with van der Waals surface area (Å²) in [7, 11) is 1.37. The third kappa shape index (κ3) is 5.49. The summed E-state index contributed by atoms with van der Waals surface area (Å²) in [5.41, 5.74) is 0. The van der Waals surface area contributed by atoms with Gasteiger partial charge in [-0.3, -0.25) is 9.59 Å². The van der Waals surface area contributed by atoms with Gasteiger partial charge in [0.15, 0.2) is 0 Å². The first-order chi connectivity index (χ1) is 8.69. The van der Waals surface area contributed by atoms with E-state index in [1.165, 1.54) is 7.11 Å². The fourth-order valence-corrected chi connectivity index (χ4v) is 1.75. The molecule has 0 atom stereocenters. The topological polar surface area (TPSA) is 55.8 Å². The first-order valence-corrected chi connectivity index (χ1v) is 6.62. The van der Waals surface area contributed by atoms with Crippen molar-refractivity contribution in [2.75, 3.05) is 33.4 Å². The number of carbonyl (C=O) groups is 2. The molecule has 0 unspecified atom stereocenters. The zero-order valence-electron chi connectivity index (χ0n) is 11.3. The van der Waals surface area contributed by atoms with E-state index in [-0.39, 0.29) is 24.2 Å². The summed E-state index contributed by atoms with van der Waals surface area (Å²) >= 11 is 0. The number of ether oxygens (including phenoxy) is 2. The maximum Gasteiger partial charge on any atom is 0.307 e. The van der Waals surface area contributed by atoms with Gasteiger partial charge in [0.05, 0.1) is 13.5 Å². The van der Waals surface area contributed by atoms with Crippen LogP contribution in [0.25, 0.3) is 0 Å². The van der Waals surface area contributed by atoms with Crippen molar-refractivity contribution >= 4 is 11.9 Å². The minimum absolute atomic E-state index is 0.176. The maximum atomic E-state index is 12.0. The second-order valence-electron chi connectivity index (χ2n) is 4.48. The van der Waals surface area contributed by atoms with Crippen LogP contribution in [-0.2, 0) is 19.1 Å². The standard InChI is InChI=1S/C13H23NO4/c1-3-18-10-4-8-14(9-7-12(15)17-2)13(16)11-5-6-11/h11H,3-10H2,1-2H3. The van der Waals surface area contributed by atoms with Crippen molar-refractivity contribution in [3.05, 3.63) is 0 Å². The summed E-state index contributed by atoms with van der Waals surface area (Å²) in [6, 6.07) is 0. The molecule has 0 aromatic heterocycles. The molecular formula is C13H23NO4. The molecule has 0 saturated heterocycles. The molecule has 5 nitrogen and oxygen atoms in total. The number of hydrogen-bond donors (Lipinski definition) is 0. The van der Waals surface area contributed by atoms with Crippen LogP contribution in [0, 0.1) is 5.92 Å². The lowest BCUT2D eigenvalue weighted by Crippen LogP contribution is -2.35. The average Bonchev–Trinajstić information content (AvgIpc) is 3.21. The van der Waals surface area contributed by atoms with Crippen LogP contribution in [-0.4, -0.2) is 50.2 Å². The molecule has 0 bridgehead atoms. The van der Waals surface area contributed by atoms with Gasteiger partial charge in [0.2, 0.25) is 5.91 Å². The van der Waals surface area contributed by atoms with Crippen LogP contribution in [0.1, 0.15) is 32.6 Å². The van der Waals surface area contributed by atoms with Gasteiger partial charge in [-0.25, -0.2) is 0 Å². The maximum absolute atomic E-state index is 12.0. The highest BCUT2D eigenvalue weighted by Gasteiger charge is 2.33. The molecule has 0 aliphatic heterocycles. The summed E-state index contributed by atoms with van der Waals surface area (Å²) < 4.78 is 9.85. The molecule has 1 fully saturated rings. The molecule has 5 heteroatoms. The largest absolute Gasteiger partial charge is 0.469 e. The van der Waals surface area contributed by atoms with E-state index in [4.69, 9.17) is 4.74 Å². The molecule has 0 heterocycles. The third-order valence-electron chi connectivity index (χ3n) is 2.97. The Morgan fingerprint density at radius 3 is 2.56 bits per heavy atom. The fourth-order valence-electron chi connectivity index (χ4n) is 1.75. The second kappa shape index (κ2) is 8.08. The van der Waals surface area contributed by atoms with Crippen molar-refractivity contribution in [2.24, 2.45) is 5.92 Å². The Morgan fingerprint density at radius 1 is 1.28 bits per heavy atom. The molecule has 0 aromatic carbocycles. The zero-order valence-corrected chi connectivity index (χ0v) is 11.3. The lowest BCUT2D eigenvalue weighted by Gasteiger charge is -2.22. The Kier molecular flexibility index (Phi) is 6.72. The van der Waals surface area contributed by atoms with Crippen LogP contribution in [0.15, 0.2) is 0 Å². The van der Waals surface area contributed by atoms with E-state index in [0.717, 1.165) is 19.3 Å². The van der Waals surface area contributed by atoms with Crippen molar-refractivity contribution in [1.29, 1.82) is 0 Å². The van der Waals surface area contributed by atoms with E-state index in [2.05, 4.69) is 4.74 Å². The number of nitrogens with zero attached hydrogens (tertiary/aromatic N) is 1. The molecule has 18 heavy (non-hydrogen) atoms. The second-order valence-corrected chi connectivity index (χ2v) is 4.48. The molecule has 0 aromatic rings. The summed E-state index contributed by atoms with van der Waals surface area (Å²) in [5, 5.41) is 0.